The van der Waals surface area contributed by atoms with Crippen molar-refractivity contribution in [2.45, 2.75) is 23.8 Å². The van der Waals surface area contributed by atoms with E-state index in [1.165, 1.54) is 19.2 Å². The van der Waals surface area contributed by atoms with E-state index in [2.05, 4.69) is 4.72 Å². The van der Waals surface area contributed by atoms with Crippen molar-refractivity contribution in [3.05, 3.63) is 27.7 Å². The summed E-state index contributed by atoms with van der Waals surface area (Å²) in [6.07, 6.45) is -0.250. The van der Waals surface area contributed by atoms with E-state index in [-0.39, 0.29) is 33.5 Å². The molecule has 1 rings (SSSR count). The Morgan fingerprint density at radius 1 is 1.37 bits per heavy atom. The molecule has 0 aromatic heterocycles. The highest BCUT2D eigenvalue weighted by Gasteiger charge is 2.21. The molecule has 0 saturated heterocycles. The summed E-state index contributed by atoms with van der Waals surface area (Å²) in [7, 11) is -2.26. The second-order valence-electron chi connectivity index (χ2n) is 3.91. The molecule has 0 amide bonds. The smallest absolute Gasteiger partial charge is 0.242 e. The Morgan fingerprint density at radius 2 is 2.00 bits per heavy atom. The van der Waals surface area contributed by atoms with Gasteiger partial charge in [-0.3, -0.25) is 0 Å². The number of benzene rings is 1. The van der Waals surface area contributed by atoms with Crippen molar-refractivity contribution in [3.63, 3.8) is 0 Å². The molecule has 0 aliphatic carbocycles. The number of halogens is 3. The van der Waals surface area contributed by atoms with Crippen molar-refractivity contribution in [3.8, 4) is 0 Å². The third-order valence-electron chi connectivity index (χ3n) is 2.48. The van der Waals surface area contributed by atoms with Gasteiger partial charge in [-0.1, -0.05) is 23.2 Å². The first-order valence-corrected chi connectivity index (χ1v) is 8.15. The van der Waals surface area contributed by atoms with E-state index in [1.54, 1.807) is 6.92 Å². The molecule has 0 spiro atoms. The lowest BCUT2D eigenvalue weighted by atomic mass is 10.2. The van der Waals surface area contributed by atoms with Gasteiger partial charge in [0.25, 0.3) is 0 Å². The van der Waals surface area contributed by atoms with Crippen LogP contribution in [0.4, 0.5) is 0 Å². The minimum atomic E-state index is -3.76. The van der Waals surface area contributed by atoms with E-state index < -0.39 is 10.0 Å². The van der Waals surface area contributed by atoms with Crippen LogP contribution >= 0.6 is 34.8 Å². The summed E-state index contributed by atoms with van der Waals surface area (Å²) in [5, 5.41) is 0.345. The quantitative estimate of drug-likeness (QED) is 0.806. The SMILES string of the molecule is COC(C)CNS(=O)(=O)c1cc(Cl)cc(CCl)c1Cl. The van der Waals surface area contributed by atoms with Gasteiger partial charge in [0.2, 0.25) is 10.0 Å². The molecular weight excluding hydrogens is 333 g/mol. The molecule has 0 aliphatic rings. The van der Waals surface area contributed by atoms with E-state index in [9.17, 15) is 8.42 Å². The van der Waals surface area contributed by atoms with Crippen LogP contribution < -0.4 is 4.72 Å². The molecule has 108 valence electrons. The standard InChI is InChI=1S/C11H14Cl3NO3S/c1-7(18-2)6-15-19(16,17)10-4-9(13)3-8(5-12)11(10)14/h3-4,7,15H,5-6H2,1-2H3. The van der Waals surface area contributed by atoms with Gasteiger partial charge in [-0.25, -0.2) is 13.1 Å². The molecule has 1 atom stereocenters. The molecule has 0 bridgehead atoms. The first-order chi connectivity index (χ1) is 8.81. The molecule has 1 aromatic rings. The van der Waals surface area contributed by atoms with Crippen LogP contribution in [0.25, 0.3) is 0 Å². The molecule has 1 aromatic carbocycles. The number of nitrogens with one attached hydrogen (secondary N) is 1. The number of rotatable bonds is 6. The zero-order chi connectivity index (χ0) is 14.6. The Morgan fingerprint density at radius 3 is 2.53 bits per heavy atom. The van der Waals surface area contributed by atoms with Crippen LogP contribution in [0.5, 0.6) is 0 Å². The fourth-order valence-electron chi connectivity index (χ4n) is 1.30. The Kier molecular flexibility index (Phi) is 6.36. The summed E-state index contributed by atoms with van der Waals surface area (Å²) in [5.41, 5.74) is 0.469. The predicted octanol–water partition coefficient (Wildman–Crippen LogP) is 3.05. The van der Waals surface area contributed by atoms with Gasteiger partial charge in [0, 0.05) is 24.6 Å². The fourth-order valence-corrected chi connectivity index (χ4v) is 3.62. The number of methoxy groups -OCH3 is 1. The highest BCUT2D eigenvalue weighted by atomic mass is 35.5. The number of alkyl halides is 1. The van der Waals surface area contributed by atoms with Crippen LogP contribution in [0, 0.1) is 0 Å². The van der Waals surface area contributed by atoms with Gasteiger partial charge in [-0.2, -0.15) is 0 Å². The highest BCUT2D eigenvalue weighted by molar-refractivity contribution is 7.89. The van der Waals surface area contributed by atoms with Gasteiger partial charge in [0.05, 0.1) is 11.1 Å². The number of hydrogen-bond acceptors (Lipinski definition) is 3. The topological polar surface area (TPSA) is 55.4 Å². The van der Waals surface area contributed by atoms with Crippen molar-refractivity contribution in [1.29, 1.82) is 0 Å². The van der Waals surface area contributed by atoms with Crippen LogP contribution in [-0.2, 0) is 20.6 Å². The van der Waals surface area contributed by atoms with E-state index in [0.29, 0.717) is 5.56 Å². The molecular formula is C11H14Cl3NO3S. The minimum absolute atomic E-state index is 0.0797. The lowest BCUT2D eigenvalue weighted by molar-refractivity contribution is 0.122. The molecule has 0 heterocycles. The molecule has 4 nitrogen and oxygen atoms in total. The van der Waals surface area contributed by atoms with Crippen molar-refractivity contribution in [2.24, 2.45) is 0 Å². The summed E-state index contributed by atoms with van der Waals surface area (Å²) in [4.78, 5) is -0.0828. The highest BCUT2D eigenvalue weighted by Crippen LogP contribution is 2.30. The summed E-state index contributed by atoms with van der Waals surface area (Å²) < 4.78 is 31.7. The molecule has 1 N–H and O–H groups in total. The monoisotopic (exact) mass is 345 g/mol. The summed E-state index contributed by atoms with van der Waals surface area (Å²) >= 11 is 17.6. The van der Waals surface area contributed by atoms with Gasteiger partial charge in [0.15, 0.2) is 0 Å². The Hall–Kier alpha value is -0.0400. The second kappa shape index (κ2) is 7.11. The van der Waals surface area contributed by atoms with Crippen LogP contribution in [-0.4, -0.2) is 28.2 Å². The zero-order valence-corrected chi connectivity index (χ0v) is 13.5. The van der Waals surface area contributed by atoms with Gasteiger partial charge >= 0.3 is 0 Å². The maximum Gasteiger partial charge on any atom is 0.242 e. The summed E-state index contributed by atoms with van der Waals surface area (Å²) in [5.74, 6) is 0.0797. The molecule has 0 saturated carbocycles. The van der Waals surface area contributed by atoms with E-state index >= 15 is 0 Å². The number of ether oxygens (including phenoxy) is 1. The van der Waals surface area contributed by atoms with Gasteiger partial charge < -0.3 is 4.74 Å². The average molecular weight is 347 g/mol. The third-order valence-corrected chi connectivity index (χ3v) is 4.99. The van der Waals surface area contributed by atoms with Crippen molar-refractivity contribution in [2.75, 3.05) is 13.7 Å². The maximum atomic E-state index is 12.1. The van der Waals surface area contributed by atoms with Crippen molar-refractivity contribution >= 4 is 44.8 Å². The van der Waals surface area contributed by atoms with E-state index in [4.69, 9.17) is 39.5 Å². The van der Waals surface area contributed by atoms with Crippen LogP contribution in [0.3, 0.4) is 0 Å². The van der Waals surface area contributed by atoms with E-state index in [0.717, 1.165) is 0 Å². The first kappa shape index (κ1) is 17.0. The molecule has 8 heteroatoms. The second-order valence-corrected chi connectivity index (χ2v) is 6.73. The van der Waals surface area contributed by atoms with E-state index in [1.807, 2.05) is 0 Å². The largest absolute Gasteiger partial charge is 0.380 e. The lowest BCUT2D eigenvalue weighted by Crippen LogP contribution is -2.31. The van der Waals surface area contributed by atoms with Crippen LogP contribution in [0.2, 0.25) is 10.0 Å². The number of sulfonamides is 1. The fraction of sp³-hybridized carbons (Fsp3) is 0.455. The summed E-state index contributed by atoms with van der Waals surface area (Å²) in [6.45, 7) is 1.88. The van der Waals surface area contributed by atoms with Gasteiger partial charge in [-0.05, 0) is 24.6 Å². The lowest BCUT2D eigenvalue weighted by Gasteiger charge is -2.13. The van der Waals surface area contributed by atoms with Crippen LogP contribution in [0.1, 0.15) is 12.5 Å². The molecule has 19 heavy (non-hydrogen) atoms. The first-order valence-electron chi connectivity index (χ1n) is 5.38. The minimum Gasteiger partial charge on any atom is -0.380 e. The Balaban J connectivity index is 3.11. The van der Waals surface area contributed by atoms with Crippen molar-refractivity contribution < 1.29 is 13.2 Å². The third kappa shape index (κ3) is 4.48. The normalized spacial score (nSPS) is 13.5. The Labute approximate surface area is 128 Å². The molecule has 0 aliphatic heterocycles. The van der Waals surface area contributed by atoms with Gasteiger partial charge in [0.1, 0.15) is 4.90 Å². The molecule has 0 radical (unpaired) electrons. The predicted molar refractivity (Wildman–Crippen MR) is 77.7 cm³/mol. The molecule has 1 unspecified atom stereocenters. The average Bonchev–Trinajstić information content (AvgIpc) is 2.38. The number of hydrogen-bond donors (Lipinski definition) is 1. The Bertz CT molecular complexity index is 548. The maximum absolute atomic E-state index is 12.1. The zero-order valence-electron chi connectivity index (χ0n) is 10.4. The summed E-state index contributed by atoms with van der Waals surface area (Å²) in [6, 6.07) is 2.83. The van der Waals surface area contributed by atoms with Gasteiger partial charge in [-0.15, -0.1) is 11.6 Å². The molecule has 0 fully saturated rings. The van der Waals surface area contributed by atoms with Crippen LogP contribution in [0.15, 0.2) is 17.0 Å². The van der Waals surface area contributed by atoms with Crippen molar-refractivity contribution in [1.82, 2.24) is 4.72 Å².